The van der Waals surface area contributed by atoms with Gasteiger partial charge in [-0.05, 0) is 38.7 Å². The van der Waals surface area contributed by atoms with Crippen molar-refractivity contribution < 1.29 is 9.90 Å². The predicted octanol–water partition coefficient (Wildman–Crippen LogP) is 2.73. The van der Waals surface area contributed by atoms with Crippen LogP contribution in [0.2, 0.25) is 0 Å². The van der Waals surface area contributed by atoms with E-state index in [1.165, 1.54) is 11.1 Å². The van der Waals surface area contributed by atoms with E-state index in [-0.39, 0.29) is 24.1 Å². The van der Waals surface area contributed by atoms with Gasteiger partial charge in [-0.15, -0.1) is 0 Å². The Bertz CT molecular complexity index is 484. The topological polar surface area (TPSA) is 52.6 Å². The second-order valence-electron chi connectivity index (χ2n) is 6.48. The van der Waals surface area contributed by atoms with Crippen molar-refractivity contribution in [3.63, 3.8) is 0 Å². The minimum atomic E-state index is -0.340. The summed E-state index contributed by atoms with van der Waals surface area (Å²) in [7, 11) is 0. The van der Waals surface area contributed by atoms with E-state index in [1.54, 1.807) is 6.92 Å². The number of aliphatic hydroxyl groups is 1. The van der Waals surface area contributed by atoms with Crippen LogP contribution in [0.25, 0.3) is 0 Å². The van der Waals surface area contributed by atoms with Crippen LogP contribution in [-0.4, -0.2) is 41.3 Å². The molecular formula is C18H28N2O2. The number of aryl methyl sites for hydroxylation is 1. The van der Waals surface area contributed by atoms with Crippen molar-refractivity contribution in [1.82, 2.24) is 10.2 Å². The fraction of sp³-hybridized carbons (Fsp3) is 0.611. The van der Waals surface area contributed by atoms with Crippen LogP contribution in [0.1, 0.15) is 37.8 Å². The van der Waals surface area contributed by atoms with Gasteiger partial charge in [-0.1, -0.05) is 36.8 Å². The summed E-state index contributed by atoms with van der Waals surface area (Å²) in [6.45, 7) is 7.38. The number of aliphatic hydroxyl groups excluding tert-OH is 1. The summed E-state index contributed by atoms with van der Waals surface area (Å²) < 4.78 is 0. The average Bonchev–Trinajstić information content (AvgIpc) is 2.99. The number of nitrogens with zero attached hydrogens (tertiary/aromatic N) is 1. The fourth-order valence-corrected chi connectivity index (χ4v) is 2.94. The highest BCUT2D eigenvalue weighted by atomic mass is 16.3. The van der Waals surface area contributed by atoms with Gasteiger partial charge in [0, 0.05) is 25.0 Å². The van der Waals surface area contributed by atoms with Gasteiger partial charge in [0.05, 0.1) is 6.10 Å². The molecule has 2 amide bonds. The third kappa shape index (κ3) is 4.47. The lowest BCUT2D eigenvalue weighted by Crippen LogP contribution is -2.44. The van der Waals surface area contributed by atoms with Crippen molar-refractivity contribution in [2.75, 3.05) is 13.1 Å². The molecule has 3 atom stereocenters. The lowest BCUT2D eigenvalue weighted by atomic mass is 10.0. The molecule has 4 heteroatoms. The zero-order chi connectivity index (χ0) is 16.1. The molecule has 1 aliphatic rings. The summed E-state index contributed by atoms with van der Waals surface area (Å²) in [4.78, 5) is 14.2. The van der Waals surface area contributed by atoms with Crippen LogP contribution in [0.3, 0.4) is 0 Å². The molecule has 0 spiro atoms. The summed E-state index contributed by atoms with van der Waals surface area (Å²) in [5.74, 6) is 0.211. The van der Waals surface area contributed by atoms with Gasteiger partial charge in [0.2, 0.25) is 0 Å². The summed E-state index contributed by atoms with van der Waals surface area (Å²) in [6.07, 6.45) is 2.32. The number of amides is 2. The number of nitrogens with one attached hydrogen (secondary N) is 1. The number of carbonyl (C=O) groups excluding carboxylic acids is 1. The molecule has 1 heterocycles. The number of urea groups is 1. The standard InChI is InChI=1S/C18H28N2O2/c1-4-17(11-15-7-5-13(2)6-8-15)19-18(22)20-10-9-16(12-20)14(3)21/h5-8,14,16-17,21H,4,9-12H2,1-3H3,(H,19,22)/t14-,16+,17-/m1/s1. The van der Waals surface area contributed by atoms with Crippen molar-refractivity contribution in [2.45, 2.75) is 52.2 Å². The molecule has 0 bridgehead atoms. The smallest absolute Gasteiger partial charge is 0.317 e. The van der Waals surface area contributed by atoms with Gasteiger partial charge in [-0.2, -0.15) is 0 Å². The molecule has 22 heavy (non-hydrogen) atoms. The molecular weight excluding hydrogens is 276 g/mol. The van der Waals surface area contributed by atoms with Crippen LogP contribution in [-0.2, 0) is 6.42 Å². The maximum Gasteiger partial charge on any atom is 0.317 e. The normalized spacial score (nSPS) is 20.7. The van der Waals surface area contributed by atoms with Crippen LogP contribution in [0, 0.1) is 12.8 Å². The van der Waals surface area contributed by atoms with Crippen molar-refractivity contribution in [1.29, 1.82) is 0 Å². The van der Waals surface area contributed by atoms with Crippen LogP contribution in [0.5, 0.6) is 0 Å². The first kappa shape index (κ1) is 16.8. The monoisotopic (exact) mass is 304 g/mol. The average molecular weight is 304 g/mol. The van der Waals surface area contributed by atoms with E-state index in [0.29, 0.717) is 6.54 Å². The first-order chi connectivity index (χ1) is 10.5. The number of hydrogen-bond acceptors (Lipinski definition) is 2. The predicted molar refractivity (Wildman–Crippen MR) is 88.9 cm³/mol. The Kier molecular flexibility index (Phi) is 5.83. The van der Waals surface area contributed by atoms with Gasteiger partial charge in [0.1, 0.15) is 0 Å². The molecule has 4 nitrogen and oxygen atoms in total. The van der Waals surface area contributed by atoms with E-state index in [4.69, 9.17) is 0 Å². The number of carbonyl (C=O) groups is 1. The van der Waals surface area contributed by atoms with Crippen molar-refractivity contribution in [3.8, 4) is 0 Å². The molecule has 0 saturated carbocycles. The summed E-state index contributed by atoms with van der Waals surface area (Å²) >= 11 is 0. The van der Waals surface area contributed by atoms with E-state index in [9.17, 15) is 9.90 Å². The molecule has 122 valence electrons. The quantitative estimate of drug-likeness (QED) is 0.879. The molecule has 0 unspecified atom stereocenters. The van der Waals surface area contributed by atoms with E-state index in [0.717, 1.165) is 25.8 Å². The maximum absolute atomic E-state index is 12.4. The zero-order valence-electron chi connectivity index (χ0n) is 13.9. The number of likely N-dealkylation sites (tertiary alicyclic amines) is 1. The van der Waals surface area contributed by atoms with Gasteiger partial charge in [-0.25, -0.2) is 4.79 Å². The van der Waals surface area contributed by atoms with Crippen LogP contribution in [0.15, 0.2) is 24.3 Å². The molecule has 0 aliphatic carbocycles. The number of rotatable bonds is 5. The van der Waals surface area contributed by atoms with Gasteiger partial charge in [0.15, 0.2) is 0 Å². The van der Waals surface area contributed by atoms with Crippen molar-refractivity contribution in [3.05, 3.63) is 35.4 Å². The SMILES string of the molecule is CC[C@H](Cc1ccc(C)cc1)NC(=O)N1CC[C@H]([C@@H](C)O)C1. The van der Waals surface area contributed by atoms with Gasteiger partial charge >= 0.3 is 6.03 Å². The lowest BCUT2D eigenvalue weighted by molar-refractivity contribution is 0.129. The summed E-state index contributed by atoms with van der Waals surface area (Å²) in [5, 5.41) is 12.8. The Morgan fingerprint density at radius 3 is 2.64 bits per heavy atom. The number of hydrogen-bond donors (Lipinski definition) is 2. The molecule has 0 aromatic heterocycles. The van der Waals surface area contributed by atoms with E-state index in [2.05, 4.69) is 43.4 Å². The first-order valence-electron chi connectivity index (χ1n) is 8.28. The van der Waals surface area contributed by atoms with E-state index >= 15 is 0 Å². The second-order valence-corrected chi connectivity index (χ2v) is 6.48. The molecule has 2 rings (SSSR count). The van der Waals surface area contributed by atoms with Crippen molar-refractivity contribution in [2.24, 2.45) is 5.92 Å². The lowest BCUT2D eigenvalue weighted by Gasteiger charge is -2.23. The molecule has 2 N–H and O–H groups in total. The number of benzene rings is 1. The maximum atomic E-state index is 12.4. The highest BCUT2D eigenvalue weighted by molar-refractivity contribution is 5.74. The van der Waals surface area contributed by atoms with Gasteiger partial charge in [-0.3, -0.25) is 0 Å². The Morgan fingerprint density at radius 1 is 1.41 bits per heavy atom. The minimum Gasteiger partial charge on any atom is -0.393 e. The third-order valence-corrected chi connectivity index (χ3v) is 4.62. The second kappa shape index (κ2) is 7.63. The molecule has 1 aliphatic heterocycles. The minimum absolute atomic E-state index is 0.00196. The van der Waals surface area contributed by atoms with Gasteiger partial charge < -0.3 is 15.3 Å². The Balaban J connectivity index is 1.87. The van der Waals surface area contributed by atoms with E-state index < -0.39 is 0 Å². The highest BCUT2D eigenvalue weighted by Crippen LogP contribution is 2.19. The van der Waals surface area contributed by atoms with Crippen LogP contribution in [0.4, 0.5) is 4.79 Å². The largest absolute Gasteiger partial charge is 0.393 e. The molecule has 1 aromatic rings. The highest BCUT2D eigenvalue weighted by Gasteiger charge is 2.29. The third-order valence-electron chi connectivity index (χ3n) is 4.62. The van der Waals surface area contributed by atoms with Crippen LogP contribution < -0.4 is 5.32 Å². The van der Waals surface area contributed by atoms with Gasteiger partial charge in [0.25, 0.3) is 0 Å². The Labute approximate surface area is 133 Å². The molecule has 1 aromatic carbocycles. The molecule has 0 radical (unpaired) electrons. The fourth-order valence-electron chi connectivity index (χ4n) is 2.94. The summed E-state index contributed by atoms with van der Waals surface area (Å²) in [6, 6.07) is 8.63. The Morgan fingerprint density at radius 2 is 2.09 bits per heavy atom. The first-order valence-corrected chi connectivity index (χ1v) is 8.28. The summed E-state index contributed by atoms with van der Waals surface area (Å²) in [5.41, 5.74) is 2.50. The molecule has 1 saturated heterocycles. The van der Waals surface area contributed by atoms with Crippen LogP contribution >= 0.6 is 0 Å². The zero-order valence-corrected chi connectivity index (χ0v) is 13.9. The Hall–Kier alpha value is -1.55. The molecule has 1 fully saturated rings. The van der Waals surface area contributed by atoms with Crippen molar-refractivity contribution >= 4 is 6.03 Å². The van der Waals surface area contributed by atoms with E-state index in [1.807, 2.05) is 4.90 Å².